The van der Waals surface area contributed by atoms with Crippen molar-refractivity contribution in [3.63, 3.8) is 0 Å². The quantitative estimate of drug-likeness (QED) is 0.463. The maximum Gasteiger partial charge on any atom is 0.147 e. The van der Waals surface area contributed by atoms with Crippen LogP contribution in [0.4, 0.5) is 0 Å². The van der Waals surface area contributed by atoms with Crippen molar-refractivity contribution in [3.05, 3.63) is 46.5 Å². The predicted molar refractivity (Wildman–Crippen MR) is 111 cm³/mol. The number of hydrogen-bond donors (Lipinski definition) is 0. The molecule has 0 N–H and O–H groups in total. The van der Waals surface area contributed by atoms with Gasteiger partial charge >= 0.3 is 0 Å². The van der Waals surface area contributed by atoms with Gasteiger partial charge in [-0.15, -0.1) is 0 Å². The van der Waals surface area contributed by atoms with Gasteiger partial charge in [-0.2, -0.15) is 0 Å². The third-order valence-electron chi connectivity index (χ3n) is 6.59. The van der Waals surface area contributed by atoms with Gasteiger partial charge in [0.15, 0.2) is 0 Å². The number of carbonyl (C=O) groups excluding carboxylic acids is 1. The number of Topliss-reactive ketones (excluding diaryl/α,β-unsaturated/α-hetero) is 1. The van der Waals surface area contributed by atoms with Gasteiger partial charge in [0.25, 0.3) is 0 Å². The second-order valence-corrected chi connectivity index (χ2v) is 7.98. The van der Waals surface area contributed by atoms with Crippen molar-refractivity contribution in [3.8, 4) is 5.75 Å². The Morgan fingerprint density at radius 2 is 1.86 bits per heavy atom. The lowest BCUT2D eigenvalue weighted by Crippen LogP contribution is -2.35. The van der Waals surface area contributed by atoms with E-state index in [2.05, 4.69) is 18.2 Å². The molecule has 3 aliphatic carbocycles. The second kappa shape index (κ2) is 8.82. The number of carbonyl (C=O) groups is 1. The topological polar surface area (TPSA) is 54.0 Å². The molecule has 1 aromatic carbocycles. The Bertz CT molecular complexity index is 838. The Morgan fingerprint density at radius 3 is 2.69 bits per heavy atom. The zero-order valence-electron chi connectivity index (χ0n) is 17.4. The van der Waals surface area contributed by atoms with E-state index in [1.54, 1.807) is 14.2 Å². The van der Waals surface area contributed by atoms with Crippen molar-refractivity contribution in [2.75, 3.05) is 40.8 Å². The summed E-state index contributed by atoms with van der Waals surface area (Å²) in [5, 5.41) is 0. The SMILES string of the molecule is COCCOCOCC[C@]12CCC3=C(CCc4cc(OC)ccc43)C1=CCC2=O. The van der Waals surface area contributed by atoms with Gasteiger partial charge in [-0.3, -0.25) is 4.79 Å². The number of rotatable bonds is 9. The van der Waals surface area contributed by atoms with Crippen LogP contribution in [0.3, 0.4) is 0 Å². The molecule has 0 spiro atoms. The average Bonchev–Trinajstić information content (AvgIpc) is 3.09. The maximum absolute atomic E-state index is 12.9. The van der Waals surface area contributed by atoms with Gasteiger partial charge in [-0.05, 0) is 72.1 Å². The molecule has 0 radical (unpaired) electrons. The molecule has 1 atom stereocenters. The largest absolute Gasteiger partial charge is 0.497 e. The monoisotopic (exact) mass is 398 g/mol. The standard InChI is InChI=1S/C24H30O5/c1-26-13-14-29-16-28-12-11-24-10-9-20-19-6-4-18(27-2)15-17(19)3-5-21(20)22(24)7-8-23(24)25/h4,6-7,15H,3,5,8-14,16H2,1-2H3/t24-/m1/s1. The molecule has 0 saturated carbocycles. The number of benzene rings is 1. The molecule has 5 heteroatoms. The van der Waals surface area contributed by atoms with Crippen LogP contribution in [0, 0.1) is 5.41 Å². The molecular formula is C24H30O5. The first-order chi connectivity index (χ1) is 14.2. The van der Waals surface area contributed by atoms with E-state index in [0.29, 0.717) is 32.0 Å². The molecule has 0 saturated heterocycles. The Labute approximate surface area is 172 Å². The fourth-order valence-corrected chi connectivity index (χ4v) is 5.08. The zero-order chi connectivity index (χ0) is 20.3. The van der Waals surface area contributed by atoms with Gasteiger partial charge in [-0.1, -0.05) is 12.1 Å². The number of ketones is 1. The molecule has 0 heterocycles. The van der Waals surface area contributed by atoms with Crippen molar-refractivity contribution in [1.29, 1.82) is 0 Å². The van der Waals surface area contributed by atoms with E-state index in [1.165, 1.54) is 27.8 Å². The first-order valence-electron chi connectivity index (χ1n) is 10.5. The molecule has 29 heavy (non-hydrogen) atoms. The van der Waals surface area contributed by atoms with Crippen LogP contribution >= 0.6 is 0 Å². The number of allylic oxidation sites excluding steroid dienone is 4. The van der Waals surface area contributed by atoms with Gasteiger partial charge in [0.05, 0.1) is 32.3 Å². The lowest BCUT2D eigenvalue weighted by Gasteiger charge is -2.40. The number of ether oxygens (including phenoxy) is 4. The third kappa shape index (κ3) is 3.79. The summed E-state index contributed by atoms with van der Waals surface area (Å²) in [6, 6.07) is 6.39. The van der Waals surface area contributed by atoms with Crippen LogP contribution in [-0.2, 0) is 25.4 Å². The van der Waals surface area contributed by atoms with E-state index in [0.717, 1.165) is 37.9 Å². The Hall–Kier alpha value is -1.95. The molecule has 1 aromatic rings. The van der Waals surface area contributed by atoms with Gasteiger partial charge in [0.1, 0.15) is 18.3 Å². The highest BCUT2D eigenvalue weighted by Gasteiger charge is 2.48. The van der Waals surface area contributed by atoms with Crippen molar-refractivity contribution in [2.45, 2.75) is 38.5 Å². The summed E-state index contributed by atoms with van der Waals surface area (Å²) < 4.78 is 21.4. The van der Waals surface area contributed by atoms with Gasteiger partial charge in [0.2, 0.25) is 0 Å². The van der Waals surface area contributed by atoms with E-state index in [9.17, 15) is 4.79 Å². The molecule has 0 bridgehead atoms. The molecule has 4 rings (SSSR count). The smallest absolute Gasteiger partial charge is 0.147 e. The summed E-state index contributed by atoms with van der Waals surface area (Å²) >= 11 is 0. The zero-order valence-corrected chi connectivity index (χ0v) is 17.4. The van der Waals surface area contributed by atoms with Crippen LogP contribution in [0.5, 0.6) is 5.75 Å². The molecule has 0 aliphatic heterocycles. The highest BCUT2D eigenvalue weighted by atomic mass is 16.7. The van der Waals surface area contributed by atoms with Crippen molar-refractivity contribution < 1.29 is 23.7 Å². The Balaban J connectivity index is 1.49. The summed E-state index contributed by atoms with van der Waals surface area (Å²) in [5.74, 6) is 1.27. The average molecular weight is 398 g/mol. The lowest BCUT2D eigenvalue weighted by atomic mass is 9.63. The molecule has 156 valence electrons. The van der Waals surface area contributed by atoms with E-state index in [1.807, 2.05) is 6.07 Å². The first kappa shape index (κ1) is 20.3. The van der Waals surface area contributed by atoms with E-state index < -0.39 is 0 Å². The first-order valence-corrected chi connectivity index (χ1v) is 10.5. The fraction of sp³-hybridized carbons (Fsp3) is 0.542. The van der Waals surface area contributed by atoms with Crippen molar-refractivity contribution >= 4 is 11.4 Å². The third-order valence-corrected chi connectivity index (χ3v) is 6.59. The molecule has 0 unspecified atom stereocenters. The van der Waals surface area contributed by atoms with Crippen LogP contribution in [0.1, 0.15) is 43.2 Å². The normalized spacial score (nSPS) is 22.8. The minimum Gasteiger partial charge on any atom is -0.497 e. The van der Waals surface area contributed by atoms with Crippen LogP contribution in [-0.4, -0.2) is 46.6 Å². The van der Waals surface area contributed by atoms with Crippen LogP contribution in [0.25, 0.3) is 5.57 Å². The minimum atomic E-state index is -0.366. The van der Waals surface area contributed by atoms with Crippen LogP contribution in [0.15, 0.2) is 35.4 Å². The molecule has 3 aliphatic rings. The predicted octanol–water partition coefficient (Wildman–Crippen LogP) is 4.10. The minimum absolute atomic E-state index is 0.246. The van der Waals surface area contributed by atoms with Crippen molar-refractivity contribution in [2.24, 2.45) is 5.41 Å². The highest BCUT2D eigenvalue weighted by molar-refractivity contribution is 5.97. The highest BCUT2D eigenvalue weighted by Crippen LogP contribution is 2.55. The molecule has 0 fully saturated rings. The number of hydrogen-bond acceptors (Lipinski definition) is 5. The summed E-state index contributed by atoms with van der Waals surface area (Å²) in [5.41, 5.74) is 6.43. The summed E-state index contributed by atoms with van der Waals surface area (Å²) in [7, 11) is 3.36. The summed E-state index contributed by atoms with van der Waals surface area (Å²) in [4.78, 5) is 12.9. The van der Waals surface area contributed by atoms with E-state index in [-0.39, 0.29) is 12.2 Å². The van der Waals surface area contributed by atoms with E-state index in [4.69, 9.17) is 18.9 Å². The van der Waals surface area contributed by atoms with Gasteiger partial charge < -0.3 is 18.9 Å². The van der Waals surface area contributed by atoms with E-state index >= 15 is 0 Å². The number of fused-ring (bicyclic) bond motifs is 4. The lowest BCUT2D eigenvalue weighted by molar-refractivity contribution is -0.127. The Morgan fingerprint density at radius 1 is 1.00 bits per heavy atom. The number of methoxy groups -OCH3 is 2. The van der Waals surface area contributed by atoms with Crippen LogP contribution in [0.2, 0.25) is 0 Å². The summed E-state index contributed by atoms with van der Waals surface area (Å²) in [6.45, 7) is 1.86. The molecule has 0 amide bonds. The number of aryl methyl sites for hydroxylation is 1. The Kier molecular flexibility index (Phi) is 6.18. The van der Waals surface area contributed by atoms with Gasteiger partial charge in [0, 0.05) is 13.5 Å². The maximum atomic E-state index is 12.9. The molecule has 0 aromatic heterocycles. The van der Waals surface area contributed by atoms with Crippen LogP contribution < -0.4 is 4.74 Å². The summed E-state index contributed by atoms with van der Waals surface area (Å²) in [6.07, 6.45) is 7.27. The molecular weight excluding hydrogens is 368 g/mol. The van der Waals surface area contributed by atoms with Gasteiger partial charge in [-0.25, -0.2) is 0 Å². The second-order valence-electron chi connectivity index (χ2n) is 7.98. The fourth-order valence-electron chi connectivity index (χ4n) is 5.08. The van der Waals surface area contributed by atoms with Crippen molar-refractivity contribution in [1.82, 2.24) is 0 Å². The molecule has 5 nitrogen and oxygen atoms in total.